The van der Waals surface area contributed by atoms with Crippen LogP contribution in [-0.2, 0) is 11.8 Å². The fraction of sp³-hybridized carbons (Fsp3) is 0.450. The van der Waals surface area contributed by atoms with E-state index in [1.54, 1.807) is 12.3 Å². The van der Waals surface area contributed by atoms with Crippen molar-refractivity contribution in [1.82, 2.24) is 19.5 Å². The summed E-state index contributed by atoms with van der Waals surface area (Å²) in [6.45, 7) is 1.48. The van der Waals surface area contributed by atoms with Crippen molar-refractivity contribution in [3.8, 4) is 11.4 Å². The number of pyridine rings is 1. The van der Waals surface area contributed by atoms with E-state index in [0.29, 0.717) is 11.7 Å². The second kappa shape index (κ2) is 8.47. The van der Waals surface area contributed by atoms with Crippen LogP contribution in [0.15, 0.2) is 30.6 Å². The van der Waals surface area contributed by atoms with Gasteiger partial charge in [0, 0.05) is 57.2 Å². The fourth-order valence-electron chi connectivity index (χ4n) is 3.55. The molecule has 0 aliphatic carbocycles. The average Bonchev–Trinajstić information content (AvgIpc) is 3.09. The first kappa shape index (κ1) is 20.4. The average molecular weight is 420 g/mol. The molecule has 0 radical (unpaired) electrons. The molecule has 160 valence electrons. The third-order valence-corrected chi connectivity index (χ3v) is 5.30. The number of hydrogen-bond donors (Lipinski definition) is 1. The van der Waals surface area contributed by atoms with Gasteiger partial charge in [-0.2, -0.15) is 0 Å². The molecule has 0 aromatic carbocycles. The highest BCUT2D eigenvalue weighted by molar-refractivity contribution is 5.87. The van der Waals surface area contributed by atoms with Crippen LogP contribution in [0, 0.1) is 0 Å². The van der Waals surface area contributed by atoms with Gasteiger partial charge in [-0.3, -0.25) is 0 Å². The second-order valence-electron chi connectivity index (χ2n) is 7.31. The molecule has 1 aliphatic rings. The standard InChI is InChI=1S/C20H23F3N6O/c1-28-15-10-17(26-13-4-7-30-8-5-13)25-11-12(15)9-16(28)14-3-6-24-20(27-14)29(2)19(23)18(21)22/h3,6,9-11,13,18-19H,4-5,7-8H2,1-2H3,(H,25,26). The summed E-state index contributed by atoms with van der Waals surface area (Å²) in [5.74, 6) is 0.674. The van der Waals surface area contributed by atoms with Gasteiger partial charge in [-0.1, -0.05) is 0 Å². The van der Waals surface area contributed by atoms with E-state index in [-0.39, 0.29) is 5.95 Å². The number of aryl methyl sites for hydroxylation is 1. The van der Waals surface area contributed by atoms with Crippen LogP contribution in [0.5, 0.6) is 0 Å². The van der Waals surface area contributed by atoms with Crippen LogP contribution < -0.4 is 10.2 Å². The maximum atomic E-state index is 13.7. The van der Waals surface area contributed by atoms with E-state index < -0.39 is 12.7 Å². The lowest BCUT2D eigenvalue weighted by atomic mass is 10.1. The zero-order chi connectivity index (χ0) is 21.3. The molecule has 1 atom stereocenters. The minimum absolute atomic E-state index is 0.106. The highest BCUT2D eigenvalue weighted by Crippen LogP contribution is 2.28. The van der Waals surface area contributed by atoms with Gasteiger partial charge in [-0.15, -0.1) is 0 Å². The highest BCUT2D eigenvalue weighted by Gasteiger charge is 2.26. The Hall–Kier alpha value is -2.88. The summed E-state index contributed by atoms with van der Waals surface area (Å²) in [4.78, 5) is 13.4. The number of rotatable bonds is 6. The number of ether oxygens (including phenoxy) is 1. The quantitative estimate of drug-likeness (QED) is 0.615. The van der Waals surface area contributed by atoms with Gasteiger partial charge in [0.15, 0.2) is 0 Å². The van der Waals surface area contributed by atoms with Crippen molar-refractivity contribution >= 4 is 22.7 Å². The van der Waals surface area contributed by atoms with Gasteiger partial charge in [0.05, 0.1) is 16.9 Å². The van der Waals surface area contributed by atoms with Crippen molar-refractivity contribution in [2.24, 2.45) is 7.05 Å². The number of nitrogens with zero attached hydrogens (tertiary/aromatic N) is 5. The Bertz CT molecular complexity index is 1020. The van der Waals surface area contributed by atoms with Crippen molar-refractivity contribution in [2.75, 3.05) is 30.5 Å². The molecular formula is C20H23F3N6O. The normalized spacial score (nSPS) is 16.2. The largest absolute Gasteiger partial charge is 0.381 e. The molecule has 7 nitrogen and oxygen atoms in total. The SMILES string of the molecule is CN(c1nccc(-c2cc3cnc(NC4CCOCC4)cc3n2C)n1)C(F)C(F)F. The monoisotopic (exact) mass is 420 g/mol. The van der Waals surface area contributed by atoms with E-state index >= 15 is 0 Å². The first-order chi connectivity index (χ1) is 14.4. The lowest BCUT2D eigenvalue weighted by Gasteiger charge is -2.23. The van der Waals surface area contributed by atoms with E-state index in [1.165, 1.54) is 13.2 Å². The Morgan fingerprint density at radius 3 is 2.70 bits per heavy atom. The molecule has 1 N–H and O–H groups in total. The zero-order valence-electron chi connectivity index (χ0n) is 16.7. The molecule has 1 unspecified atom stereocenters. The van der Waals surface area contributed by atoms with Crippen LogP contribution >= 0.6 is 0 Å². The number of hydrogen-bond acceptors (Lipinski definition) is 6. The molecule has 4 heterocycles. The Balaban J connectivity index is 1.63. The van der Waals surface area contributed by atoms with Gasteiger partial charge in [0.25, 0.3) is 6.43 Å². The fourth-order valence-corrected chi connectivity index (χ4v) is 3.55. The van der Waals surface area contributed by atoms with E-state index in [9.17, 15) is 13.2 Å². The molecule has 30 heavy (non-hydrogen) atoms. The van der Waals surface area contributed by atoms with E-state index in [2.05, 4.69) is 20.3 Å². The van der Waals surface area contributed by atoms with Crippen molar-refractivity contribution in [3.63, 3.8) is 0 Å². The third kappa shape index (κ3) is 4.04. The lowest BCUT2D eigenvalue weighted by molar-refractivity contribution is 0.0501. The van der Waals surface area contributed by atoms with Crippen molar-refractivity contribution in [3.05, 3.63) is 30.6 Å². The first-order valence-electron chi connectivity index (χ1n) is 9.72. The molecule has 0 spiro atoms. The maximum absolute atomic E-state index is 13.7. The van der Waals surface area contributed by atoms with E-state index in [4.69, 9.17) is 4.74 Å². The number of nitrogens with one attached hydrogen (secondary N) is 1. The zero-order valence-corrected chi connectivity index (χ0v) is 16.7. The summed E-state index contributed by atoms with van der Waals surface area (Å²) < 4.78 is 46.4. The Morgan fingerprint density at radius 1 is 1.20 bits per heavy atom. The minimum Gasteiger partial charge on any atom is -0.381 e. The van der Waals surface area contributed by atoms with Gasteiger partial charge >= 0.3 is 0 Å². The summed E-state index contributed by atoms with van der Waals surface area (Å²) in [5, 5.41) is 4.36. The van der Waals surface area contributed by atoms with Crippen molar-refractivity contribution in [2.45, 2.75) is 31.6 Å². The van der Waals surface area contributed by atoms with Crippen LogP contribution in [0.2, 0.25) is 0 Å². The molecule has 3 aromatic heterocycles. The van der Waals surface area contributed by atoms with Gasteiger partial charge in [0.1, 0.15) is 5.82 Å². The highest BCUT2D eigenvalue weighted by atomic mass is 19.3. The summed E-state index contributed by atoms with van der Waals surface area (Å²) in [5.41, 5.74) is 2.20. The van der Waals surface area contributed by atoms with Crippen LogP contribution in [0.4, 0.5) is 24.9 Å². The Morgan fingerprint density at radius 2 is 1.97 bits per heavy atom. The molecule has 10 heteroatoms. The molecule has 0 amide bonds. The van der Waals surface area contributed by atoms with Crippen LogP contribution in [0.3, 0.4) is 0 Å². The maximum Gasteiger partial charge on any atom is 0.287 e. The van der Waals surface area contributed by atoms with Gasteiger partial charge in [-0.05, 0) is 25.0 Å². The van der Waals surface area contributed by atoms with Crippen LogP contribution in [0.1, 0.15) is 12.8 Å². The second-order valence-corrected chi connectivity index (χ2v) is 7.31. The minimum atomic E-state index is -3.15. The van der Waals surface area contributed by atoms with Crippen molar-refractivity contribution in [1.29, 1.82) is 0 Å². The smallest absolute Gasteiger partial charge is 0.287 e. The lowest BCUT2D eigenvalue weighted by Crippen LogP contribution is -2.34. The van der Waals surface area contributed by atoms with Gasteiger partial charge in [0.2, 0.25) is 12.2 Å². The number of anilines is 2. The summed E-state index contributed by atoms with van der Waals surface area (Å²) in [6.07, 6.45) is -0.542. The number of halogens is 3. The third-order valence-electron chi connectivity index (χ3n) is 5.30. The van der Waals surface area contributed by atoms with Crippen molar-refractivity contribution < 1.29 is 17.9 Å². The molecule has 4 rings (SSSR count). The molecule has 0 saturated carbocycles. The Kier molecular flexibility index (Phi) is 5.76. The number of fused-ring (bicyclic) bond motifs is 1. The molecule has 1 aliphatic heterocycles. The molecule has 1 saturated heterocycles. The predicted octanol–water partition coefficient (Wildman–Crippen LogP) is 3.62. The number of aromatic nitrogens is 4. The summed E-state index contributed by atoms with van der Waals surface area (Å²) in [6, 6.07) is 5.87. The predicted molar refractivity (Wildman–Crippen MR) is 109 cm³/mol. The Labute approximate surface area is 171 Å². The molecule has 3 aromatic rings. The summed E-state index contributed by atoms with van der Waals surface area (Å²) in [7, 11) is 3.09. The van der Waals surface area contributed by atoms with Gasteiger partial charge in [-0.25, -0.2) is 28.1 Å². The van der Waals surface area contributed by atoms with Gasteiger partial charge < -0.3 is 19.5 Å². The van der Waals surface area contributed by atoms with Crippen LogP contribution in [-0.4, -0.2) is 58.5 Å². The first-order valence-corrected chi connectivity index (χ1v) is 9.72. The molecule has 0 bridgehead atoms. The van der Waals surface area contributed by atoms with E-state index in [1.807, 2.05) is 23.7 Å². The van der Waals surface area contributed by atoms with Crippen LogP contribution in [0.25, 0.3) is 22.3 Å². The summed E-state index contributed by atoms with van der Waals surface area (Å²) >= 11 is 0. The topological polar surface area (TPSA) is 68.1 Å². The number of alkyl halides is 3. The molecule has 1 fully saturated rings. The molecular weight excluding hydrogens is 397 g/mol. The van der Waals surface area contributed by atoms with E-state index in [0.717, 1.165) is 53.4 Å².